The van der Waals surface area contributed by atoms with Crippen LogP contribution in [0.2, 0.25) is 0 Å². The largest absolute Gasteiger partial charge is 0.383 e. The lowest BCUT2D eigenvalue weighted by Gasteiger charge is -2.08. The second kappa shape index (κ2) is 8.17. The highest BCUT2D eigenvalue weighted by Crippen LogP contribution is 2.10. The summed E-state index contributed by atoms with van der Waals surface area (Å²) >= 11 is 0. The smallest absolute Gasteiger partial charge is 0.157 e. The van der Waals surface area contributed by atoms with Crippen LogP contribution in [0.5, 0.6) is 0 Å². The highest BCUT2D eigenvalue weighted by Gasteiger charge is 2.14. The van der Waals surface area contributed by atoms with Crippen LogP contribution >= 0.6 is 0 Å². The first-order valence-corrected chi connectivity index (χ1v) is 5.18. The summed E-state index contributed by atoms with van der Waals surface area (Å²) in [5.41, 5.74) is 0. The minimum absolute atomic E-state index is 0.0326. The van der Waals surface area contributed by atoms with Crippen LogP contribution < -0.4 is 5.32 Å². The zero-order valence-corrected chi connectivity index (χ0v) is 8.83. The molecule has 0 aromatic heterocycles. The molecule has 1 fully saturated rings. The first-order valence-electron chi connectivity index (χ1n) is 5.18. The Balaban J connectivity index is 1.75. The van der Waals surface area contributed by atoms with Crippen LogP contribution in [0, 0.1) is 6.42 Å². The summed E-state index contributed by atoms with van der Waals surface area (Å²) in [5, 5.41) is 3.25. The van der Waals surface area contributed by atoms with E-state index < -0.39 is 0 Å². The predicted molar refractivity (Wildman–Crippen MR) is 54.0 cm³/mol. The van der Waals surface area contributed by atoms with Crippen molar-refractivity contribution in [3.63, 3.8) is 0 Å². The van der Waals surface area contributed by atoms with Crippen LogP contribution in [0.25, 0.3) is 0 Å². The summed E-state index contributed by atoms with van der Waals surface area (Å²) < 4.78 is 15.5. The summed E-state index contributed by atoms with van der Waals surface area (Å²) in [5.74, 6) is 0. The van der Waals surface area contributed by atoms with Crippen molar-refractivity contribution in [1.29, 1.82) is 0 Å². The third-order valence-corrected chi connectivity index (χ3v) is 2.07. The van der Waals surface area contributed by atoms with E-state index in [1.54, 1.807) is 7.11 Å². The van der Waals surface area contributed by atoms with Crippen LogP contribution in [-0.4, -0.2) is 46.3 Å². The Kier molecular flexibility index (Phi) is 6.95. The monoisotopic (exact) mass is 202 g/mol. The van der Waals surface area contributed by atoms with Gasteiger partial charge in [-0.05, 0) is 25.8 Å². The average molecular weight is 202 g/mol. The van der Waals surface area contributed by atoms with Crippen molar-refractivity contribution in [1.82, 2.24) is 5.32 Å². The molecule has 1 saturated heterocycles. The first kappa shape index (κ1) is 11.9. The van der Waals surface area contributed by atoms with Crippen LogP contribution in [0.1, 0.15) is 12.8 Å². The highest BCUT2D eigenvalue weighted by atomic mass is 16.7. The van der Waals surface area contributed by atoms with Gasteiger partial charge in [0.05, 0.1) is 19.8 Å². The van der Waals surface area contributed by atoms with Crippen molar-refractivity contribution >= 4 is 0 Å². The van der Waals surface area contributed by atoms with Crippen LogP contribution in [-0.2, 0) is 14.2 Å². The molecule has 14 heavy (non-hydrogen) atoms. The van der Waals surface area contributed by atoms with E-state index in [1.807, 2.05) is 0 Å². The van der Waals surface area contributed by atoms with E-state index in [4.69, 9.17) is 14.2 Å². The molecule has 1 aliphatic rings. The summed E-state index contributed by atoms with van der Waals surface area (Å²) in [6.07, 6.45) is 4.24. The molecule has 1 radical (unpaired) electrons. The van der Waals surface area contributed by atoms with Gasteiger partial charge in [-0.25, -0.2) is 0 Å². The molecule has 0 spiro atoms. The van der Waals surface area contributed by atoms with E-state index in [1.165, 1.54) is 0 Å². The maximum absolute atomic E-state index is 5.32. The second-order valence-corrected chi connectivity index (χ2v) is 3.23. The Morgan fingerprint density at radius 1 is 1.43 bits per heavy atom. The second-order valence-electron chi connectivity index (χ2n) is 3.23. The third-order valence-electron chi connectivity index (χ3n) is 2.07. The van der Waals surface area contributed by atoms with Crippen molar-refractivity contribution < 1.29 is 14.2 Å². The van der Waals surface area contributed by atoms with Crippen LogP contribution in [0.4, 0.5) is 0 Å². The van der Waals surface area contributed by atoms with Gasteiger partial charge < -0.3 is 19.5 Å². The average Bonchev–Trinajstić information content (AvgIpc) is 2.69. The summed E-state index contributed by atoms with van der Waals surface area (Å²) in [7, 11) is 1.71. The minimum atomic E-state index is 0.0326. The van der Waals surface area contributed by atoms with Crippen molar-refractivity contribution in [2.24, 2.45) is 0 Å². The quantitative estimate of drug-likeness (QED) is 0.584. The summed E-state index contributed by atoms with van der Waals surface area (Å²) in [6.45, 7) is 4.09. The van der Waals surface area contributed by atoms with E-state index in [-0.39, 0.29) is 6.29 Å². The number of unbranched alkanes of at least 4 members (excludes halogenated alkanes) is 1. The molecular weight excluding hydrogens is 182 g/mol. The third kappa shape index (κ3) is 5.54. The number of nitrogens with one attached hydrogen (secondary N) is 1. The number of methoxy groups -OCH3 is 1. The number of hydrogen-bond donors (Lipinski definition) is 1. The molecular formula is C10H20NO3. The SMILES string of the molecule is COCCNC[CH]CCC1OCCO1. The van der Waals surface area contributed by atoms with Gasteiger partial charge in [0.2, 0.25) is 0 Å². The van der Waals surface area contributed by atoms with Crippen molar-refractivity contribution in [3.8, 4) is 0 Å². The zero-order chi connectivity index (χ0) is 10.1. The van der Waals surface area contributed by atoms with E-state index in [2.05, 4.69) is 11.7 Å². The molecule has 0 unspecified atom stereocenters. The predicted octanol–water partition coefficient (Wildman–Crippen LogP) is 0.580. The topological polar surface area (TPSA) is 39.7 Å². The Labute approximate surface area is 85.9 Å². The number of rotatable bonds is 8. The van der Waals surface area contributed by atoms with Gasteiger partial charge in [0.25, 0.3) is 0 Å². The fourth-order valence-corrected chi connectivity index (χ4v) is 1.31. The Morgan fingerprint density at radius 3 is 2.93 bits per heavy atom. The van der Waals surface area contributed by atoms with Crippen LogP contribution in [0.3, 0.4) is 0 Å². The molecule has 1 rings (SSSR count). The normalized spacial score (nSPS) is 17.8. The summed E-state index contributed by atoms with van der Waals surface area (Å²) in [6, 6.07) is 0. The van der Waals surface area contributed by atoms with E-state index in [9.17, 15) is 0 Å². The maximum atomic E-state index is 5.32. The minimum Gasteiger partial charge on any atom is -0.383 e. The Hall–Kier alpha value is -0.160. The van der Waals surface area contributed by atoms with E-state index in [0.29, 0.717) is 0 Å². The molecule has 1 heterocycles. The van der Waals surface area contributed by atoms with Crippen molar-refractivity contribution in [2.75, 3.05) is 40.0 Å². The molecule has 0 aromatic carbocycles. The molecule has 1 aliphatic heterocycles. The van der Waals surface area contributed by atoms with E-state index >= 15 is 0 Å². The lowest BCUT2D eigenvalue weighted by atomic mass is 10.2. The standard InChI is InChI=1S/C10H20NO3/c1-12-7-6-11-5-3-2-4-10-13-8-9-14-10/h3,10-11H,2,4-9H2,1H3. The molecule has 4 heteroatoms. The fourth-order valence-electron chi connectivity index (χ4n) is 1.31. The molecule has 0 amide bonds. The molecule has 0 aromatic rings. The van der Waals surface area contributed by atoms with Gasteiger partial charge >= 0.3 is 0 Å². The molecule has 0 saturated carbocycles. The highest BCUT2D eigenvalue weighted by molar-refractivity contribution is 4.69. The fraction of sp³-hybridized carbons (Fsp3) is 0.900. The molecule has 83 valence electrons. The van der Waals surface area contributed by atoms with Crippen LogP contribution in [0.15, 0.2) is 0 Å². The van der Waals surface area contributed by atoms with Gasteiger partial charge in [0.15, 0.2) is 6.29 Å². The first-order chi connectivity index (χ1) is 6.93. The molecule has 4 nitrogen and oxygen atoms in total. The van der Waals surface area contributed by atoms with Gasteiger partial charge in [-0.2, -0.15) is 0 Å². The lowest BCUT2D eigenvalue weighted by Crippen LogP contribution is -2.21. The Morgan fingerprint density at radius 2 is 2.21 bits per heavy atom. The lowest BCUT2D eigenvalue weighted by molar-refractivity contribution is -0.0463. The van der Waals surface area contributed by atoms with Crippen molar-refractivity contribution in [2.45, 2.75) is 19.1 Å². The maximum Gasteiger partial charge on any atom is 0.157 e. The number of ether oxygens (including phenoxy) is 3. The summed E-state index contributed by atoms with van der Waals surface area (Å²) in [4.78, 5) is 0. The van der Waals surface area contributed by atoms with Gasteiger partial charge in [0, 0.05) is 13.7 Å². The van der Waals surface area contributed by atoms with Crippen molar-refractivity contribution in [3.05, 3.63) is 6.42 Å². The molecule has 0 atom stereocenters. The van der Waals surface area contributed by atoms with Gasteiger partial charge in [0.1, 0.15) is 0 Å². The Bertz CT molecular complexity index is 127. The molecule has 1 N–H and O–H groups in total. The molecule has 0 bridgehead atoms. The van der Waals surface area contributed by atoms with Gasteiger partial charge in [-0.3, -0.25) is 0 Å². The number of hydrogen-bond acceptors (Lipinski definition) is 4. The van der Waals surface area contributed by atoms with Gasteiger partial charge in [-0.1, -0.05) is 0 Å². The zero-order valence-electron chi connectivity index (χ0n) is 8.83. The van der Waals surface area contributed by atoms with Gasteiger partial charge in [-0.15, -0.1) is 0 Å². The van der Waals surface area contributed by atoms with E-state index in [0.717, 1.165) is 45.8 Å². The molecule has 0 aliphatic carbocycles.